The van der Waals surface area contributed by atoms with Crippen molar-refractivity contribution >= 4 is 11.4 Å². The van der Waals surface area contributed by atoms with Crippen molar-refractivity contribution in [2.24, 2.45) is 0 Å². The molecule has 1 aliphatic heterocycles. The van der Waals surface area contributed by atoms with Gasteiger partial charge in [0.05, 0.1) is 17.4 Å². The third-order valence-corrected chi connectivity index (χ3v) is 3.94. The first-order chi connectivity index (χ1) is 9.13. The lowest BCUT2D eigenvalue weighted by molar-refractivity contribution is 0.802. The standard InChI is InChI=1S/C17H20N2/c1-11-4-6-14(7-5-11)17-10-18-15-8-12(2)13(3)9-16(15)19-17/h4-9,17-19H,10H2,1-3H3/t17-/m1/s1. The first-order valence-electron chi connectivity index (χ1n) is 6.82. The molecule has 1 atom stereocenters. The fraction of sp³-hybridized carbons (Fsp3) is 0.294. The maximum atomic E-state index is 3.64. The summed E-state index contributed by atoms with van der Waals surface area (Å²) in [5, 5.41) is 7.17. The molecule has 1 heterocycles. The lowest BCUT2D eigenvalue weighted by Crippen LogP contribution is -2.26. The van der Waals surface area contributed by atoms with Crippen LogP contribution in [0.2, 0.25) is 0 Å². The predicted octanol–water partition coefficient (Wildman–Crippen LogP) is 4.19. The molecule has 0 spiro atoms. The van der Waals surface area contributed by atoms with E-state index >= 15 is 0 Å². The molecule has 2 nitrogen and oxygen atoms in total. The largest absolute Gasteiger partial charge is 0.381 e. The average Bonchev–Trinajstić information content (AvgIpc) is 2.40. The van der Waals surface area contributed by atoms with Crippen molar-refractivity contribution in [3.8, 4) is 0 Å². The molecule has 0 saturated carbocycles. The van der Waals surface area contributed by atoms with Gasteiger partial charge in [-0.25, -0.2) is 0 Å². The minimum Gasteiger partial charge on any atom is -0.381 e. The van der Waals surface area contributed by atoms with Gasteiger partial charge in [0, 0.05) is 6.54 Å². The van der Waals surface area contributed by atoms with Gasteiger partial charge in [-0.15, -0.1) is 0 Å². The molecule has 0 fully saturated rings. The number of aryl methyl sites for hydroxylation is 3. The molecule has 0 amide bonds. The number of nitrogens with one attached hydrogen (secondary N) is 2. The Kier molecular flexibility index (Phi) is 2.94. The highest BCUT2D eigenvalue weighted by molar-refractivity contribution is 5.73. The maximum absolute atomic E-state index is 3.64. The fourth-order valence-corrected chi connectivity index (χ4v) is 2.53. The number of hydrogen-bond acceptors (Lipinski definition) is 2. The molecule has 0 radical (unpaired) electrons. The molecule has 19 heavy (non-hydrogen) atoms. The van der Waals surface area contributed by atoms with Crippen LogP contribution in [-0.2, 0) is 0 Å². The normalized spacial score (nSPS) is 17.3. The van der Waals surface area contributed by atoms with E-state index in [4.69, 9.17) is 0 Å². The molecule has 0 saturated heterocycles. The molecule has 2 aromatic carbocycles. The van der Waals surface area contributed by atoms with Crippen LogP contribution in [0.1, 0.15) is 28.3 Å². The van der Waals surface area contributed by atoms with Crippen molar-refractivity contribution in [3.63, 3.8) is 0 Å². The molecular formula is C17H20N2. The summed E-state index contributed by atoms with van der Waals surface area (Å²) < 4.78 is 0. The van der Waals surface area contributed by atoms with Gasteiger partial charge in [-0.1, -0.05) is 29.8 Å². The van der Waals surface area contributed by atoms with Gasteiger partial charge in [-0.3, -0.25) is 0 Å². The minimum atomic E-state index is 0.343. The quantitative estimate of drug-likeness (QED) is 0.795. The molecule has 0 aliphatic carbocycles. The molecule has 2 N–H and O–H groups in total. The first kappa shape index (κ1) is 12.1. The van der Waals surface area contributed by atoms with Gasteiger partial charge in [0.1, 0.15) is 0 Å². The Morgan fingerprint density at radius 3 is 2.21 bits per heavy atom. The van der Waals surface area contributed by atoms with Crippen molar-refractivity contribution in [1.82, 2.24) is 0 Å². The van der Waals surface area contributed by atoms with E-state index in [2.05, 4.69) is 67.8 Å². The summed E-state index contributed by atoms with van der Waals surface area (Å²) in [5.41, 5.74) is 7.73. The zero-order valence-electron chi connectivity index (χ0n) is 11.7. The van der Waals surface area contributed by atoms with Crippen LogP contribution in [0.5, 0.6) is 0 Å². The second-order valence-corrected chi connectivity index (χ2v) is 5.47. The predicted molar refractivity (Wildman–Crippen MR) is 81.9 cm³/mol. The molecule has 98 valence electrons. The Hall–Kier alpha value is -1.96. The number of fused-ring (bicyclic) bond motifs is 1. The molecular weight excluding hydrogens is 232 g/mol. The first-order valence-corrected chi connectivity index (χ1v) is 6.82. The van der Waals surface area contributed by atoms with Crippen molar-refractivity contribution < 1.29 is 0 Å². The van der Waals surface area contributed by atoms with Crippen LogP contribution in [-0.4, -0.2) is 6.54 Å². The number of rotatable bonds is 1. The average molecular weight is 252 g/mol. The Balaban J connectivity index is 1.89. The number of hydrogen-bond donors (Lipinski definition) is 2. The van der Waals surface area contributed by atoms with E-state index in [1.807, 2.05) is 0 Å². The van der Waals surface area contributed by atoms with Crippen molar-refractivity contribution in [2.75, 3.05) is 17.2 Å². The summed E-state index contributed by atoms with van der Waals surface area (Å²) in [7, 11) is 0. The molecule has 0 bridgehead atoms. The summed E-state index contributed by atoms with van der Waals surface area (Å²) >= 11 is 0. The third-order valence-electron chi connectivity index (χ3n) is 3.94. The summed E-state index contributed by atoms with van der Waals surface area (Å²) in [4.78, 5) is 0. The van der Waals surface area contributed by atoms with Gasteiger partial charge in [-0.2, -0.15) is 0 Å². The second kappa shape index (κ2) is 4.61. The van der Waals surface area contributed by atoms with E-state index in [-0.39, 0.29) is 0 Å². The van der Waals surface area contributed by atoms with Gasteiger partial charge < -0.3 is 10.6 Å². The lowest BCUT2D eigenvalue weighted by atomic mass is 10.0. The van der Waals surface area contributed by atoms with Crippen LogP contribution >= 0.6 is 0 Å². The maximum Gasteiger partial charge on any atom is 0.0687 e. The molecule has 0 aromatic heterocycles. The molecule has 2 aromatic rings. The van der Waals surface area contributed by atoms with E-state index in [1.54, 1.807) is 0 Å². The van der Waals surface area contributed by atoms with Crippen LogP contribution in [0.4, 0.5) is 11.4 Å². The van der Waals surface area contributed by atoms with Gasteiger partial charge in [0.2, 0.25) is 0 Å². The molecule has 3 rings (SSSR count). The van der Waals surface area contributed by atoms with Crippen molar-refractivity contribution in [1.29, 1.82) is 0 Å². The van der Waals surface area contributed by atoms with E-state index in [9.17, 15) is 0 Å². The Bertz CT molecular complexity index is 599. The zero-order valence-corrected chi connectivity index (χ0v) is 11.7. The third kappa shape index (κ3) is 2.30. The smallest absolute Gasteiger partial charge is 0.0687 e. The van der Waals surface area contributed by atoms with E-state index in [0.29, 0.717) is 6.04 Å². The monoisotopic (exact) mass is 252 g/mol. The highest BCUT2D eigenvalue weighted by atomic mass is 15.1. The molecule has 2 heteroatoms. The number of benzene rings is 2. The summed E-state index contributed by atoms with van der Waals surface area (Å²) in [6, 6.07) is 13.6. The fourth-order valence-electron chi connectivity index (χ4n) is 2.53. The van der Waals surface area contributed by atoms with Crippen molar-refractivity contribution in [3.05, 3.63) is 58.7 Å². The van der Waals surface area contributed by atoms with E-state index in [0.717, 1.165) is 6.54 Å². The van der Waals surface area contributed by atoms with Crippen LogP contribution in [0.15, 0.2) is 36.4 Å². The van der Waals surface area contributed by atoms with Gasteiger partial charge in [0.15, 0.2) is 0 Å². The number of anilines is 2. The van der Waals surface area contributed by atoms with E-state index in [1.165, 1.54) is 33.6 Å². The second-order valence-electron chi connectivity index (χ2n) is 5.47. The Morgan fingerprint density at radius 1 is 0.895 bits per heavy atom. The van der Waals surface area contributed by atoms with E-state index < -0.39 is 0 Å². The highest BCUT2D eigenvalue weighted by Crippen LogP contribution is 2.33. The van der Waals surface area contributed by atoms with Gasteiger partial charge >= 0.3 is 0 Å². The van der Waals surface area contributed by atoms with Crippen LogP contribution in [0, 0.1) is 20.8 Å². The topological polar surface area (TPSA) is 24.1 Å². The minimum absolute atomic E-state index is 0.343. The summed E-state index contributed by atoms with van der Waals surface area (Å²) in [5.74, 6) is 0. The highest BCUT2D eigenvalue weighted by Gasteiger charge is 2.19. The van der Waals surface area contributed by atoms with Gasteiger partial charge in [0.25, 0.3) is 0 Å². The van der Waals surface area contributed by atoms with Crippen molar-refractivity contribution in [2.45, 2.75) is 26.8 Å². The summed E-state index contributed by atoms with van der Waals surface area (Å²) in [6.45, 7) is 7.37. The Labute approximate surface area is 114 Å². The summed E-state index contributed by atoms with van der Waals surface area (Å²) in [6.07, 6.45) is 0. The van der Waals surface area contributed by atoms with Crippen LogP contribution in [0.3, 0.4) is 0 Å². The van der Waals surface area contributed by atoms with Crippen LogP contribution < -0.4 is 10.6 Å². The molecule has 1 aliphatic rings. The Morgan fingerprint density at radius 2 is 1.53 bits per heavy atom. The van der Waals surface area contributed by atoms with Gasteiger partial charge in [-0.05, 0) is 49.6 Å². The lowest BCUT2D eigenvalue weighted by Gasteiger charge is -2.29. The van der Waals surface area contributed by atoms with Crippen LogP contribution in [0.25, 0.3) is 0 Å². The SMILES string of the molecule is Cc1ccc([C@H]2CNc3cc(C)c(C)cc3N2)cc1. The zero-order chi connectivity index (χ0) is 13.4. The molecule has 0 unspecified atom stereocenters.